The molecule has 32 heavy (non-hydrogen) atoms. The average Bonchev–Trinajstić information content (AvgIpc) is 3.62. The molecule has 5 rings (SSSR count). The molecular formula is C24H19F3N4O. The quantitative estimate of drug-likeness (QED) is 0.388. The molecule has 2 aromatic carbocycles. The van der Waals surface area contributed by atoms with Crippen molar-refractivity contribution in [1.82, 2.24) is 15.0 Å². The summed E-state index contributed by atoms with van der Waals surface area (Å²) in [4.78, 5) is 13.3. The van der Waals surface area contributed by atoms with E-state index in [9.17, 15) is 13.2 Å². The van der Waals surface area contributed by atoms with Gasteiger partial charge in [0.15, 0.2) is 0 Å². The van der Waals surface area contributed by atoms with Crippen LogP contribution in [0, 0.1) is 5.92 Å². The zero-order valence-electron chi connectivity index (χ0n) is 16.9. The Morgan fingerprint density at radius 2 is 1.78 bits per heavy atom. The van der Waals surface area contributed by atoms with Crippen LogP contribution in [-0.4, -0.2) is 21.6 Å². The molecule has 2 aromatic heterocycles. The summed E-state index contributed by atoms with van der Waals surface area (Å²) >= 11 is 0. The Kier molecular flexibility index (Phi) is 5.13. The van der Waals surface area contributed by atoms with E-state index < -0.39 is 11.7 Å². The highest BCUT2D eigenvalue weighted by molar-refractivity contribution is 5.83. The molecule has 1 aliphatic rings. The number of nitrogens with zero attached hydrogens (tertiary/aromatic N) is 3. The third-order valence-electron chi connectivity index (χ3n) is 5.24. The Morgan fingerprint density at radius 3 is 2.53 bits per heavy atom. The highest BCUT2D eigenvalue weighted by Gasteiger charge is 2.30. The van der Waals surface area contributed by atoms with Crippen LogP contribution in [0.5, 0.6) is 6.01 Å². The molecule has 8 heteroatoms. The van der Waals surface area contributed by atoms with Crippen molar-refractivity contribution in [2.75, 3.05) is 11.9 Å². The standard InChI is InChI=1S/C24H19F3N4O/c25-24(26,27)18-7-9-19(10-8-18)29-22-13-21(30-23(31-22)32-14-15-3-4-15)17-6-5-16-2-1-11-28-20(16)12-17/h1-2,5-13,15H,3-4,14H2,(H,29,30,31). The lowest BCUT2D eigenvalue weighted by Gasteiger charge is -2.12. The number of halogens is 3. The van der Waals surface area contributed by atoms with Crippen LogP contribution in [0.4, 0.5) is 24.7 Å². The number of benzene rings is 2. The van der Waals surface area contributed by atoms with Gasteiger partial charge in [0, 0.05) is 28.9 Å². The second-order valence-corrected chi connectivity index (χ2v) is 7.79. The van der Waals surface area contributed by atoms with Gasteiger partial charge in [-0.1, -0.05) is 18.2 Å². The molecule has 1 N–H and O–H groups in total. The van der Waals surface area contributed by atoms with Gasteiger partial charge in [0.1, 0.15) is 5.82 Å². The number of pyridine rings is 1. The maximum absolute atomic E-state index is 12.8. The highest BCUT2D eigenvalue weighted by atomic mass is 19.4. The van der Waals surface area contributed by atoms with Gasteiger partial charge in [-0.25, -0.2) is 0 Å². The number of fused-ring (bicyclic) bond motifs is 1. The lowest BCUT2D eigenvalue weighted by molar-refractivity contribution is -0.137. The highest BCUT2D eigenvalue weighted by Crippen LogP contribution is 2.32. The molecule has 1 fully saturated rings. The van der Waals surface area contributed by atoms with Crippen molar-refractivity contribution >= 4 is 22.4 Å². The number of nitrogens with one attached hydrogen (secondary N) is 1. The molecule has 1 aliphatic carbocycles. The summed E-state index contributed by atoms with van der Waals surface area (Å²) in [6.07, 6.45) is -0.387. The fourth-order valence-electron chi connectivity index (χ4n) is 3.29. The largest absolute Gasteiger partial charge is 0.463 e. The van der Waals surface area contributed by atoms with Crippen molar-refractivity contribution in [3.8, 4) is 17.3 Å². The smallest absolute Gasteiger partial charge is 0.416 e. The summed E-state index contributed by atoms with van der Waals surface area (Å²) in [7, 11) is 0. The van der Waals surface area contributed by atoms with Crippen LogP contribution in [0.2, 0.25) is 0 Å². The lowest BCUT2D eigenvalue weighted by atomic mass is 10.1. The van der Waals surface area contributed by atoms with E-state index in [0.29, 0.717) is 29.7 Å². The molecule has 0 spiro atoms. The van der Waals surface area contributed by atoms with E-state index in [0.717, 1.165) is 41.4 Å². The topological polar surface area (TPSA) is 59.9 Å². The van der Waals surface area contributed by atoms with E-state index in [2.05, 4.69) is 20.3 Å². The maximum atomic E-state index is 12.8. The summed E-state index contributed by atoms with van der Waals surface area (Å²) < 4.78 is 44.3. The van der Waals surface area contributed by atoms with E-state index in [1.54, 1.807) is 12.3 Å². The first-order valence-electron chi connectivity index (χ1n) is 10.3. The van der Waals surface area contributed by atoms with Crippen LogP contribution in [0.25, 0.3) is 22.2 Å². The number of alkyl halides is 3. The number of aromatic nitrogens is 3. The van der Waals surface area contributed by atoms with Crippen molar-refractivity contribution in [2.24, 2.45) is 5.92 Å². The van der Waals surface area contributed by atoms with Gasteiger partial charge in [0.25, 0.3) is 0 Å². The van der Waals surface area contributed by atoms with Crippen molar-refractivity contribution < 1.29 is 17.9 Å². The molecule has 0 unspecified atom stereocenters. The Labute approximate surface area is 182 Å². The van der Waals surface area contributed by atoms with Crippen molar-refractivity contribution in [3.05, 3.63) is 72.4 Å². The van der Waals surface area contributed by atoms with Gasteiger partial charge >= 0.3 is 12.2 Å². The van der Waals surface area contributed by atoms with E-state index >= 15 is 0 Å². The summed E-state index contributed by atoms with van der Waals surface area (Å²) in [5.74, 6) is 0.958. The lowest BCUT2D eigenvalue weighted by Crippen LogP contribution is -2.06. The van der Waals surface area contributed by atoms with Crippen molar-refractivity contribution in [1.29, 1.82) is 0 Å². The normalized spacial score (nSPS) is 13.8. The summed E-state index contributed by atoms with van der Waals surface area (Å²) in [5, 5.41) is 4.07. The number of anilines is 2. The molecule has 0 aliphatic heterocycles. The zero-order valence-corrected chi connectivity index (χ0v) is 16.9. The molecule has 162 valence electrons. The molecular weight excluding hydrogens is 417 g/mol. The Hall–Kier alpha value is -3.68. The second-order valence-electron chi connectivity index (χ2n) is 7.79. The Morgan fingerprint density at radius 1 is 0.969 bits per heavy atom. The summed E-state index contributed by atoms with van der Waals surface area (Å²) in [5.41, 5.74) is 2.08. The molecule has 0 saturated heterocycles. The van der Waals surface area contributed by atoms with Gasteiger partial charge in [-0.15, -0.1) is 0 Å². The van der Waals surface area contributed by atoms with Gasteiger partial charge in [0.05, 0.1) is 23.4 Å². The molecule has 0 bridgehead atoms. The molecule has 5 nitrogen and oxygen atoms in total. The monoisotopic (exact) mass is 436 g/mol. The summed E-state index contributed by atoms with van der Waals surface area (Å²) in [6.45, 7) is 0.544. The number of hydrogen-bond donors (Lipinski definition) is 1. The van der Waals surface area contributed by atoms with Crippen molar-refractivity contribution in [3.63, 3.8) is 0 Å². The van der Waals surface area contributed by atoms with Crippen LogP contribution < -0.4 is 10.1 Å². The third-order valence-corrected chi connectivity index (χ3v) is 5.24. The first kappa shape index (κ1) is 20.2. The zero-order chi connectivity index (χ0) is 22.1. The maximum Gasteiger partial charge on any atom is 0.416 e. The van der Waals surface area contributed by atoms with Gasteiger partial charge in [-0.3, -0.25) is 4.98 Å². The molecule has 0 amide bonds. The third kappa shape index (κ3) is 4.64. The predicted octanol–water partition coefficient (Wildman–Crippen LogP) is 6.24. The van der Waals surface area contributed by atoms with Crippen LogP contribution in [0.3, 0.4) is 0 Å². The average molecular weight is 436 g/mol. The minimum absolute atomic E-state index is 0.227. The Balaban J connectivity index is 1.47. The van der Waals surface area contributed by atoms with E-state index in [1.165, 1.54) is 12.1 Å². The fourth-order valence-corrected chi connectivity index (χ4v) is 3.29. The van der Waals surface area contributed by atoms with Crippen LogP contribution >= 0.6 is 0 Å². The second kappa shape index (κ2) is 8.11. The number of ether oxygens (including phenoxy) is 1. The van der Waals surface area contributed by atoms with E-state index in [4.69, 9.17) is 4.74 Å². The van der Waals surface area contributed by atoms with Gasteiger partial charge in [-0.2, -0.15) is 23.1 Å². The first-order valence-corrected chi connectivity index (χ1v) is 10.3. The van der Waals surface area contributed by atoms with Gasteiger partial charge < -0.3 is 10.1 Å². The molecule has 2 heterocycles. The SMILES string of the molecule is FC(F)(F)c1ccc(Nc2cc(-c3ccc4cccnc4c3)nc(OCC3CC3)n2)cc1. The number of rotatable bonds is 6. The molecule has 0 atom stereocenters. The van der Waals surface area contributed by atoms with Gasteiger partial charge in [-0.05, 0) is 55.2 Å². The summed E-state index contributed by atoms with van der Waals surface area (Å²) in [6, 6.07) is 16.5. The molecule has 4 aromatic rings. The van der Waals surface area contributed by atoms with E-state index in [1.807, 2.05) is 30.3 Å². The van der Waals surface area contributed by atoms with E-state index in [-0.39, 0.29) is 6.01 Å². The van der Waals surface area contributed by atoms with Crippen LogP contribution in [0.15, 0.2) is 66.9 Å². The molecule has 0 radical (unpaired) electrons. The van der Waals surface area contributed by atoms with Crippen molar-refractivity contribution in [2.45, 2.75) is 19.0 Å². The first-order chi connectivity index (χ1) is 15.4. The van der Waals surface area contributed by atoms with Crippen LogP contribution in [0.1, 0.15) is 18.4 Å². The fraction of sp³-hybridized carbons (Fsp3) is 0.208. The van der Waals surface area contributed by atoms with Crippen LogP contribution in [-0.2, 0) is 6.18 Å². The predicted molar refractivity (Wildman–Crippen MR) is 116 cm³/mol. The minimum Gasteiger partial charge on any atom is -0.463 e. The molecule has 1 saturated carbocycles. The number of hydrogen-bond acceptors (Lipinski definition) is 5. The Bertz CT molecular complexity index is 1250. The minimum atomic E-state index is -4.38. The van der Waals surface area contributed by atoms with Gasteiger partial charge in [0.2, 0.25) is 0 Å².